The van der Waals surface area contributed by atoms with E-state index >= 15 is 0 Å². The fraction of sp³-hybridized carbons (Fsp3) is 0.846. The van der Waals surface area contributed by atoms with Crippen molar-refractivity contribution in [2.75, 3.05) is 24.2 Å². The lowest BCUT2D eigenvalue weighted by Crippen LogP contribution is -2.27. The zero-order chi connectivity index (χ0) is 13.7. The van der Waals surface area contributed by atoms with Crippen molar-refractivity contribution in [3.05, 3.63) is 5.89 Å². The Bertz CT molecular complexity index is 390. The van der Waals surface area contributed by atoms with Crippen LogP contribution < -0.4 is 10.6 Å². The number of thioether (sulfide) groups is 1. The Hall–Kier alpha value is -0.750. The first-order valence-corrected chi connectivity index (χ1v) is 8.06. The Morgan fingerprint density at radius 3 is 3.00 bits per heavy atom. The summed E-state index contributed by atoms with van der Waals surface area (Å²) >= 11 is 2.02. The summed E-state index contributed by atoms with van der Waals surface area (Å²) in [6, 6.07) is 0.647. The van der Waals surface area contributed by atoms with E-state index in [2.05, 4.69) is 34.7 Å². The molecule has 2 heterocycles. The van der Waals surface area contributed by atoms with Crippen LogP contribution in [0.25, 0.3) is 0 Å². The molecule has 2 atom stereocenters. The van der Waals surface area contributed by atoms with Crippen LogP contribution in [0.4, 0.5) is 6.01 Å². The summed E-state index contributed by atoms with van der Waals surface area (Å²) < 4.78 is 5.95. The molecule has 1 aliphatic heterocycles. The molecule has 2 rings (SSSR count). The molecule has 0 saturated carbocycles. The monoisotopic (exact) mass is 284 g/mol. The van der Waals surface area contributed by atoms with Crippen molar-refractivity contribution in [2.45, 2.75) is 50.8 Å². The second kappa shape index (κ2) is 6.61. The van der Waals surface area contributed by atoms with Crippen LogP contribution in [0.1, 0.15) is 52.0 Å². The van der Waals surface area contributed by atoms with Gasteiger partial charge in [-0.15, -0.1) is 5.10 Å². The highest BCUT2D eigenvalue weighted by Crippen LogP contribution is 2.37. The number of nitrogens with one attached hydrogen (secondary N) is 2. The molecule has 0 spiro atoms. The van der Waals surface area contributed by atoms with Crippen LogP contribution in [0.15, 0.2) is 4.42 Å². The summed E-state index contributed by atoms with van der Waals surface area (Å²) in [6.07, 6.45) is 3.65. The second-order valence-electron chi connectivity index (χ2n) is 5.38. The SMILES string of the molecule is CCCNC(C)c1nnc(NCC2(C)CCCS2)o1. The smallest absolute Gasteiger partial charge is 0.315 e. The van der Waals surface area contributed by atoms with Crippen molar-refractivity contribution in [2.24, 2.45) is 0 Å². The topological polar surface area (TPSA) is 63.0 Å². The summed E-state index contributed by atoms with van der Waals surface area (Å²) in [6.45, 7) is 8.32. The minimum atomic E-state index is 0.111. The van der Waals surface area contributed by atoms with Gasteiger partial charge in [-0.25, -0.2) is 0 Å². The molecule has 0 aliphatic carbocycles. The molecule has 1 aliphatic rings. The minimum absolute atomic E-state index is 0.111. The van der Waals surface area contributed by atoms with E-state index in [-0.39, 0.29) is 6.04 Å². The first kappa shape index (κ1) is 14.7. The van der Waals surface area contributed by atoms with Gasteiger partial charge in [0, 0.05) is 11.3 Å². The third-order valence-corrected chi connectivity index (χ3v) is 4.96. The van der Waals surface area contributed by atoms with Gasteiger partial charge in [-0.1, -0.05) is 12.0 Å². The van der Waals surface area contributed by atoms with Gasteiger partial charge in [0.05, 0.1) is 6.04 Å². The van der Waals surface area contributed by atoms with Gasteiger partial charge in [0.1, 0.15) is 0 Å². The van der Waals surface area contributed by atoms with Gasteiger partial charge in [-0.2, -0.15) is 11.8 Å². The minimum Gasteiger partial charge on any atom is -0.406 e. The third kappa shape index (κ3) is 4.11. The van der Waals surface area contributed by atoms with Crippen LogP contribution in [-0.2, 0) is 0 Å². The Balaban J connectivity index is 1.83. The van der Waals surface area contributed by atoms with Crippen LogP contribution in [-0.4, -0.2) is 33.8 Å². The van der Waals surface area contributed by atoms with Gasteiger partial charge in [-0.3, -0.25) is 0 Å². The summed E-state index contributed by atoms with van der Waals surface area (Å²) in [5.41, 5.74) is 0. The van der Waals surface area contributed by atoms with Crippen LogP contribution in [0.3, 0.4) is 0 Å². The van der Waals surface area contributed by atoms with Gasteiger partial charge in [0.2, 0.25) is 5.89 Å². The van der Waals surface area contributed by atoms with Gasteiger partial charge in [0.15, 0.2) is 0 Å². The van der Waals surface area contributed by atoms with Crippen LogP contribution in [0, 0.1) is 0 Å². The fourth-order valence-electron chi connectivity index (χ4n) is 2.17. The summed E-state index contributed by atoms with van der Waals surface area (Å²) in [4.78, 5) is 0. The van der Waals surface area contributed by atoms with Crippen molar-refractivity contribution in [3.63, 3.8) is 0 Å². The number of hydrogen-bond donors (Lipinski definition) is 2. The van der Waals surface area contributed by atoms with Gasteiger partial charge >= 0.3 is 6.01 Å². The summed E-state index contributed by atoms with van der Waals surface area (Å²) in [5, 5.41) is 14.8. The maximum absolute atomic E-state index is 5.64. The average Bonchev–Trinajstić information content (AvgIpc) is 3.03. The standard InChI is InChI=1S/C13H24N4OS/c1-4-7-14-10(2)11-16-17-12(18-11)15-9-13(3)6-5-8-19-13/h10,14H,4-9H2,1-3H3,(H,15,17). The van der Waals surface area contributed by atoms with Crippen molar-refractivity contribution in [1.82, 2.24) is 15.5 Å². The van der Waals surface area contributed by atoms with Gasteiger partial charge < -0.3 is 15.1 Å². The highest BCUT2D eigenvalue weighted by Gasteiger charge is 2.29. The first-order chi connectivity index (χ1) is 9.13. The molecular weight excluding hydrogens is 260 g/mol. The van der Waals surface area contributed by atoms with E-state index < -0.39 is 0 Å². The molecule has 1 aromatic heterocycles. The van der Waals surface area contributed by atoms with E-state index in [1.807, 2.05) is 18.7 Å². The molecule has 5 nitrogen and oxygen atoms in total. The quantitative estimate of drug-likeness (QED) is 0.803. The maximum atomic E-state index is 5.64. The number of rotatable bonds is 7. The molecule has 2 N–H and O–H groups in total. The van der Waals surface area contributed by atoms with E-state index in [4.69, 9.17) is 4.42 Å². The van der Waals surface area contributed by atoms with Gasteiger partial charge in [0.25, 0.3) is 0 Å². The zero-order valence-electron chi connectivity index (χ0n) is 12.0. The fourth-order valence-corrected chi connectivity index (χ4v) is 3.41. The van der Waals surface area contributed by atoms with E-state index in [0.29, 0.717) is 16.7 Å². The molecule has 0 bridgehead atoms. The number of hydrogen-bond acceptors (Lipinski definition) is 6. The van der Waals surface area contributed by atoms with E-state index in [9.17, 15) is 0 Å². The predicted molar refractivity (Wildman–Crippen MR) is 79.6 cm³/mol. The molecule has 108 valence electrons. The van der Waals surface area contributed by atoms with Crippen molar-refractivity contribution >= 4 is 17.8 Å². The average molecular weight is 284 g/mol. The molecular formula is C13H24N4OS. The molecule has 0 aromatic carbocycles. The molecule has 0 amide bonds. The largest absolute Gasteiger partial charge is 0.406 e. The van der Waals surface area contributed by atoms with Gasteiger partial charge in [-0.05, 0) is 45.4 Å². The first-order valence-electron chi connectivity index (χ1n) is 7.07. The van der Waals surface area contributed by atoms with Crippen molar-refractivity contribution < 1.29 is 4.42 Å². The van der Waals surface area contributed by atoms with Crippen molar-refractivity contribution in [1.29, 1.82) is 0 Å². The third-order valence-electron chi connectivity index (χ3n) is 3.43. The Kier molecular flexibility index (Phi) is 5.10. The highest BCUT2D eigenvalue weighted by atomic mass is 32.2. The lowest BCUT2D eigenvalue weighted by atomic mass is 10.1. The zero-order valence-corrected chi connectivity index (χ0v) is 12.8. The van der Waals surface area contributed by atoms with Crippen LogP contribution >= 0.6 is 11.8 Å². The summed E-state index contributed by atoms with van der Waals surface area (Å²) in [7, 11) is 0. The molecule has 1 fully saturated rings. The van der Waals surface area contributed by atoms with Crippen LogP contribution in [0.2, 0.25) is 0 Å². The Labute approximate surface area is 119 Å². The number of nitrogens with zero attached hydrogens (tertiary/aromatic N) is 2. The molecule has 0 radical (unpaired) electrons. The maximum Gasteiger partial charge on any atom is 0.315 e. The molecule has 2 unspecified atom stereocenters. The van der Waals surface area contributed by atoms with Crippen molar-refractivity contribution in [3.8, 4) is 0 Å². The molecule has 1 aromatic rings. The molecule has 6 heteroatoms. The second-order valence-corrected chi connectivity index (χ2v) is 7.06. The Morgan fingerprint density at radius 2 is 2.32 bits per heavy atom. The van der Waals surface area contributed by atoms with Crippen LogP contribution in [0.5, 0.6) is 0 Å². The Morgan fingerprint density at radius 1 is 1.47 bits per heavy atom. The molecule has 1 saturated heterocycles. The van der Waals surface area contributed by atoms with E-state index in [1.165, 1.54) is 18.6 Å². The number of anilines is 1. The lowest BCUT2D eigenvalue weighted by molar-refractivity contribution is 0.422. The number of aromatic nitrogens is 2. The van der Waals surface area contributed by atoms with E-state index in [1.54, 1.807) is 0 Å². The van der Waals surface area contributed by atoms with E-state index in [0.717, 1.165) is 19.5 Å². The molecule has 19 heavy (non-hydrogen) atoms. The predicted octanol–water partition coefficient (Wildman–Crippen LogP) is 2.83. The highest BCUT2D eigenvalue weighted by molar-refractivity contribution is 8.00. The lowest BCUT2D eigenvalue weighted by Gasteiger charge is -2.21. The summed E-state index contributed by atoms with van der Waals surface area (Å²) in [5.74, 6) is 1.91. The normalized spacial score (nSPS) is 24.6.